The van der Waals surface area contributed by atoms with Gasteiger partial charge >= 0.3 is 6.09 Å². The van der Waals surface area contributed by atoms with E-state index in [0.29, 0.717) is 18.8 Å². The Morgan fingerprint density at radius 1 is 1.21 bits per heavy atom. The Labute approximate surface area is 177 Å². The third kappa shape index (κ3) is 4.50. The molecular formula is C20H22BrN5O3. The highest BCUT2D eigenvalue weighted by Gasteiger charge is 2.30. The van der Waals surface area contributed by atoms with Crippen molar-refractivity contribution in [3.63, 3.8) is 0 Å². The van der Waals surface area contributed by atoms with Crippen LogP contribution in [0.15, 0.2) is 41.4 Å². The van der Waals surface area contributed by atoms with Gasteiger partial charge in [-0.1, -0.05) is 0 Å². The van der Waals surface area contributed by atoms with Gasteiger partial charge in [-0.15, -0.1) is 0 Å². The van der Waals surface area contributed by atoms with Crippen LogP contribution in [-0.4, -0.2) is 55.4 Å². The fraction of sp³-hybridized carbons (Fsp3) is 0.400. The smallest absolute Gasteiger partial charge is 0.410 e. The van der Waals surface area contributed by atoms with E-state index in [1.807, 2.05) is 39.1 Å². The molecule has 1 amide bonds. The molecular weight excluding hydrogens is 438 g/mol. The number of rotatable bonds is 3. The van der Waals surface area contributed by atoms with Gasteiger partial charge in [0.25, 0.3) is 0 Å². The van der Waals surface area contributed by atoms with Gasteiger partial charge < -0.3 is 14.4 Å². The highest BCUT2D eigenvalue weighted by atomic mass is 79.9. The summed E-state index contributed by atoms with van der Waals surface area (Å²) in [5.74, 6) is 0.667. The SMILES string of the molecule is CC(C)(C)OC(=O)N1CC[C@H](Oc2ccc(-c3cnc4c(Br)cnn4c3)nc2)C1. The van der Waals surface area contributed by atoms with Crippen LogP contribution in [0.25, 0.3) is 16.9 Å². The van der Waals surface area contributed by atoms with Gasteiger partial charge in [0, 0.05) is 30.9 Å². The Balaban J connectivity index is 1.39. The average Bonchev–Trinajstić information content (AvgIpc) is 3.28. The van der Waals surface area contributed by atoms with E-state index in [4.69, 9.17) is 9.47 Å². The molecule has 0 unspecified atom stereocenters. The highest BCUT2D eigenvalue weighted by Crippen LogP contribution is 2.24. The summed E-state index contributed by atoms with van der Waals surface area (Å²) in [6.45, 7) is 6.71. The summed E-state index contributed by atoms with van der Waals surface area (Å²) in [5, 5.41) is 4.25. The van der Waals surface area contributed by atoms with E-state index in [1.54, 1.807) is 28.0 Å². The zero-order chi connectivity index (χ0) is 20.6. The Bertz CT molecular complexity index is 1030. The van der Waals surface area contributed by atoms with E-state index in [1.165, 1.54) is 0 Å². The molecule has 4 heterocycles. The van der Waals surface area contributed by atoms with Crippen LogP contribution in [0.1, 0.15) is 27.2 Å². The van der Waals surface area contributed by atoms with Crippen LogP contribution in [0.4, 0.5) is 4.79 Å². The van der Waals surface area contributed by atoms with Crippen LogP contribution >= 0.6 is 15.9 Å². The van der Waals surface area contributed by atoms with Crippen molar-refractivity contribution in [2.75, 3.05) is 13.1 Å². The maximum absolute atomic E-state index is 12.2. The number of nitrogens with zero attached hydrogens (tertiary/aromatic N) is 5. The molecule has 0 bridgehead atoms. The number of likely N-dealkylation sites (tertiary alicyclic amines) is 1. The molecule has 8 nitrogen and oxygen atoms in total. The summed E-state index contributed by atoms with van der Waals surface area (Å²) < 4.78 is 14.0. The quantitative estimate of drug-likeness (QED) is 0.589. The topological polar surface area (TPSA) is 81.8 Å². The molecule has 0 spiro atoms. The first kappa shape index (κ1) is 19.6. The van der Waals surface area contributed by atoms with Gasteiger partial charge in [-0.25, -0.2) is 14.3 Å². The number of carbonyl (C=O) groups is 1. The highest BCUT2D eigenvalue weighted by molar-refractivity contribution is 9.10. The fourth-order valence-corrected chi connectivity index (χ4v) is 3.48. The average molecular weight is 460 g/mol. The van der Waals surface area contributed by atoms with E-state index >= 15 is 0 Å². The predicted octanol–water partition coefficient (Wildman–Crippen LogP) is 3.94. The van der Waals surface area contributed by atoms with Crippen molar-refractivity contribution in [1.82, 2.24) is 24.5 Å². The molecule has 1 atom stereocenters. The molecule has 0 saturated carbocycles. The van der Waals surface area contributed by atoms with Gasteiger partial charge in [0.1, 0.15) is 17.5 Å². The summed E-state index contributed by atoms with van der Waals surface area (Å²) in [4.78, 5) is 22.7. The van der Waals surface area contributed by atoms with Gasteiger partial charge in [-0.2, -0.15) is 5.10 Å². The van der Waals surface area contributed by atoms with Gasteiger partial charge in [0.2, 0.25) is 0 Å². The number of hydrogen-bond acceptors (Lipinski definition) is 6. The fourth-order valence-electron chi connectivity index (χ4n) is 3.11. The molecule has 0 N–H and O–H groups in total. The first-order valence-electron chi connectivity index (χ1n) is 9.38. The molecule has 4 rings (SSSR count). The molecule has 0 radical (unpaired) electrons. The number of amides is 1. The van der Waals surface area contributed by atoms with Crippen molar-refractivity contribution in [1.29, 1.82) is 0 Å². The second kappa shape index (κ2) is 7.62. The van der Waals surface area contributed by atoms with Crippen LogP contribution < -0.4 is 4.74 Å². The Morgan fingerprint density at radius 2 is 2.03 bits per heavy atom. The predicted molar refractivity (Wildman–Crippen MR) is 111 cm³/mol. The van der Waals surface area contributed by atoms with Gasteiger partial charge in [-0.3, -0.25) is 4.98 Å². The van der Waals surface area contributed by atoms with Crippen molar-refractivity contribution in [2.45, 2.75) is 38.9 Å². The van der Waals surface area contributed by atoms with E-state index in [-0.39, 0.29) is 12.2 Å². The number of carbonyl (C=O) groups excluding carboxylic acids is 1. The summed E-state index contributed by atoms with van der Waals surface area (Å²) in [6.07, 6.45) is 7.43. The molecule has 3 aromatic heterocycles. The standard InChI is InChI=1S/C20H22BrN5O3/c1-20(2,3)29-19(27)25-7-6-15(12-25)28-14-4-5-17(22-9-14)13-8-23-18-16(21)10-24-26(18)11-13/h4-5,8-11,15H,6-7,12H2,1-3H3/t15-/m0/s1. The van der Waals surface area contributed by atoms with Crippen molar-refractivity contribution < 1.29 is 14.3 Å². The number of halogens is 1. The molecule has 1 aliphatic heterocycles. The molecule has 29 heavy (non-hydrogen) atoms. The zero-order valence-electron chi connectivity index (χ0n) is 16.5. The van der Waals surface area contributed by atoms with E-state index < -0.39 is 5.60 Å². The van der Waals surface area contributed by atoms with Gasteiger partial charge in [0.15, 0.2) is 5.65 Å². The second-order valence-electron chi connectivity index (χ2n) is 7.94. The normalized spacial score (nSPS) is 17.0. The molecule has 1 fully saturated rings. The molecule has 3 aromatic rings. The van der Waals surface area contributed by atoms with Crippen molar-refractivity contribution in [3.8, 4) is 17.0 Å². The summed E-state index contributed by atoms with van der Waals surface area (Å²) in [5.41, 5.74) is 1.89. The van der Waals surface area contributed by atoms with E-state index in [0.717, 1.165) is 27.8 Å². The minimum absolute atomic E-state index is 0.0744. The number of pyridine rings is 1. The molecule has 1 aliphatic rings. The summed E-state index contributed by atoms with van der Waals surface area (Å²) in [7, 11) is 0. The maximum Gasteiger partial charge on any atom is 0.410 e. The third-order valence-electron chi connectivity index (χ3n) is 4.44. The molecule has 9 heteroatoms. The second-order valence-corrected chi connectivity index (χ2v) is 8.79. The number of hydrogen-bond donors (Lipinski definition) is 0. The van der Waals surface area contributed by atoms with E-state index in [2.05, 4.69) is 31.0 Å². The lowest BCUT2D eigenvalue weighted by Crippen LogP contribution is -2.36. The van der Waals surface area contributed by atoms with Crippen LogP contribution in [0, 0.1) is 0 Å². The lowest BCUT2D eigenvalue weighted by molar-refractivity contribution is 0.0275. The van der Waals surface area contributed by atoms with Crippen LogP contribution in [-0.2, 0) is 4.74 Å². The lowest BCUT2D eigenvalue weighted by Gasteiger charge is -2.24. The maximum atomic E-state index is 12.2. The van der Waals surface area contributed by atoms with Crippen LogP contribution in [0.3, 0.4) is 0 Å². The minimum Gasteiger partial charge on any atom is -0.487 e. The van der Waals surface area contributed by atoms with Crippen LogP contribution in [0.2, 0.25) is 0 Å². The zero-order valence-corrected chi connectivity index (χ0v) is 18.1. The Hall–Kier alpha value is -2.68. The number of ether oxygens (including phenoxy) is 2. The summed E-state index contributed by atoms with van der Waals surface area (Å²) >= 11 is 3.42. The third-order valence-corrected chi connectivity index (χ3v) is 5.00. The molecule has 0 aliphatic carbocycles. The van der Waals surface area contributed by atoms with Crippen molar-refractivity contribution >= 4 is 27.7 Å². The molecule has 1 saturated heterocycles. The summed E-state index contributed by atoms with van der Waals surface area (Å²) in [6, 6.07) is 3.76. The van der Waals surface area contributed by atoms with Gasteiger partial charge in [-0.05, 0) is 48.8 Å². The number of aromatic nitrogens is 4. The first-order valence-corrected chi connectivity index (χ1v) is 10.2. The monoisotopic (exact) mass is 459 g/mol. The van der Waals surface area contributed by atoms with Crippen molar-refractivity contribution in [2.24, 2.45) is 0 Å². The Morgan fingerprint density at radius 3 is 2.76 bits per heavy atom. The largest absolute Gasteiger partial charge is 0.487 e. The number of fused-ring (bicyclic) bond motifs is 1. The minimum atomic E-state index is -0.500. The first-order chi connectivity index (χ1) is 13.8. The molecule has 152 valence electrons. The lowest BCUT2D eigenvalue weighted by atomic mass is 10.2. The molecule has 0 aromatic carbocycles. The van der Waals surface area contributed by atoms with Crippen molar-refractivity contribution in [3.05, 3.63) is 41.4 Å². The van der Waals surface area contributed by atoms with Gasteiger partial charge in [0.05, 0.1) is 29.1 Å². The Kier molecular flexibility index (Phi) is 5.16. The van der Waals surface area contributed by atoms with Crippen LogP contribution in [0.5, 0.6) is 5.75 Å². The van der Waals surface area contributed by atoms with E-state index in [9.17, 15) is 4.79 Å².